The van der Waals surface area contributed by atoms with E-state index in [2.05, 4.69) is 5.32 Å². The largest absolute Gasteiger partial charge is 0.493 e. The molecule has 0 unspecified atom stereocenters. The van der Waals surface area contributed by atoms with Crippen molar-refractivity contribution in [1.82, 2.24) is 5.32 Å². The van der Waals surface area contributed by atoms with Gasteiger partial charge in [-0.3, -0.25) is 4.79 Å². The Kier molecular flexibility index (Phi) is 5.88. The molecule has 3 rings (SSSR count). The normalized spacial score (nSPS) is 10.2. The van der Waals surface area contributed by atoms with Crippen molar-refractivity contribution in [2.24, 2.45) is 0 Å². The maximum Gasteiger partial charge on any atom is 0.251 e. The zero-order valence-electron chi connectivity index (χ0n) is 14.6. The van der Waals surface area contributed by atoms with E-state index in [1.807, 2.05) is 66.7 Å². The fourth-order valence-electron chi connectivity index (χ4n) is 2.53. The van der Waals surface area contributed by atoms with E-state index in [0.717, 1.165) is 11.1 Å². The zero-order chi connectivity index (χ0) is 18.2. The molecule has 0 bridgehead atoms. The average molecular weight is 347 g/mol. The van der Waals surface area contributed by atoms with Crippen LogP contribution in [0.15, 0.2) is 78.9 Å². The molecule has 0 heterocycles. The molecule has 4 heteroatoms. The standard InChI is InChI=1S/C22H21NO3/c1-25-20-9-5-6-10-21(20)26-16-18-11-13-19(14-12-18)22(24)23-15-17-7-3-2-4-8-17/h2-14H,15-16H2,1H3,(H,23,24). The number of para-hydroxylation sites is 2. The monoisotopic (exact) mass is 347 g/mol. The van der Waals surface area contributed by atoms with Gasteiger partial charge in [-0.1, -0.05) is 54.6 Å². The van der Waals surface area contributed by atoms with Gasteiger partial charge in [0.15, 0.2) is 11.5 Å². The van der Waals surface area contributed by atoms with Crippen molar-refractivity contribution in [3.05, 3.63) is 95.6 Å². The molecular formula is C22H21NO3. The van der Waals surface area contributed by atoms with E-state index in [1.165, 1.54) is 0 Å². The second-order valence-corrected chi connectivity index (χ2v) is 5.80. The number of nitrogens with one attached hydrogen (secondary N) is 1. The van der Waals surface area contributed by atoms with Crippen molar-refractivity contribution >= 4 is 5.91 Å². The molecule has 0 aliphatic heterocycles. The quantitative estimate of drug-likeness (QED) is 0.697. The molecule has 0 aliphatic carbocycles. The van der Waals surface area contributed by atoms with E-state index in [4.69, 9.17) is 9.47 Å². The highest BCUT2D eigenvalue weighted by Gasteiger charge is 2.06. The first kappa shape index (κ1) is 17.5. The summed E-state index contributed by atoms with van der Waals surface area (Å²) in [5, 5.41) is 2.92. The van der Waals surface area contributed by atoms with E-state index in [0.29, 0.717) is 30.2 Å². The third kappa shape index (κ3) is 4.63. The predicted molar refractivity (Wildman–Crippen MR) is 101 cm³/mol. The fourth-order valence-corrected chi connectivity index (χ4v) is 2.53. The summed E-state index contributed by atoms with van der Waals surface area (Å²) in [6, 6.07) is 24.8. The molecule has 0 spiro atoms. The van der Waals surface area contributed by atoms with Crippen molar-refractivity contribution in [3.63, 3.8) is 0 Å². The molecule has 1 N–H and O–H groups in total. The second-order valence-electron chi connectivity index (χ2n) is 5.80. The van der Waals surface area contributed by atoms with Crippen LogP contribution in [-0.2, 0) is 13.2 Å². The summed E-state index contributed by atoms with van der Waals surface area (Å²) >= 11 is 0. The number of carbonyl (C=O) groups excluding carboxylic acids is 1. The molecule has 0 aliphatic rings. The van der Waals surface area contributed by atoms with Crippen molar-refractivity contribution < 1.29 is 14.3 Å². The lowest BCUT2D eigenvalue weighted by Crippen LogP contribution is -2.22. The summed E-state index contributed by atoms with van der Waals surface area (Å²) in [5.74, 6) is 1.30. The van der Waals surface area contributed by atoms with Crippen LogP contribution in [0.5, 0.6) is 11.5 Å². The second kappa shape index (κ2) is 8.72. The Bertz CT molecular complexity index is 845. The lowest BCUT2D eigenvalue weighted by Gasteiger charge is -2.11. The zero-order valence-corrected chi connectivity index (χ0v) is 14.6. The number of amides is 1. The van der Waals surface area contributed by atoms with Crippen LogP contribution in [0.3, 0.4) is 0 Å². The third-order valence-electron chi connectivity index (χ3n) is 3.98. The predicted octanol–water partition coefficient (Wildman–Crippen LogP) is 4.20. The number of benzene rings is 3. The molecule has 0 saturated carbocycles. The number of methoxy groups -OCH3 is 1. The van der Waals surface area contributed by atoms with E-state index in [9.17, 15) is 4.79 Å². The van der Waals surface area contributed by atoms with Gasteiger partial charge in [0.2, 0.25) is 0 Å². The van der Waals surface area contributed by atoms with Gasteiger partial charge in [0.25, 0.3) is 5.91 Å². The van der Waals surface area contributed by atoms with E-state index < -0.39 is 0 Å². The molecule has 1 amide bonds. The van der Waals surface area contributed by atoms with E-state index in [-0.39, 0.29) is 5.91 Å². The van der Waals surface area contributed by atoms with Gasteiger partial charge in [-0.15, -0.1) is 0 Å². The number of rotatable bonds is 7. The minimum Gasteiger partial charge on any atom is -0.493 e. The van der Waals surface area contributed by atoms with Gasteiger partial charge in [-0.25, -0.2) is 0 Å². The van der Waals surface area contributed by atoms with Crippen LogP contribution >= 0.6 is 0 Å². The number of carbonyl (C=O) groups is 1. The molecule has 0 fully saturated rings. The first-order valence-corrected chi connectivity index (χ1v) is 8.43. The molecule has 26 heavy (non-hydrogen) atoms. The van der Waals surface area contributed by atoms with Gasteiger partial charge < -0.3 is 14.8 Å². The van der Waals surface area contributed by atoms with Gasteiger partial charge in [0, 0.05) is 12.1 Å². The van der Waals surface area contributed by atoms with Crippen LogP contribution in [0.2, 0.25) is 0 Å². The van der Waals surface area contributed by atoms with Crippen molar-refractivity contribution in [2.75, 3.05) is 7.11 Å². The lowest BCUT2D eigenvalue weighted by atomic mass is 10.1. The topological polar surface area (TPSA) is 47.6 Å². The highest BCUT2D eigenvalue weighted by Crippen LogP contribution is 2.26. The van der Waals surface area contributed by atoms with E-state index in [1.54, 1.807) is 19.2 Å². The Morgan fingerprint density at radius 3 is 2.15 bits per heavy atom. The smallest absolute Gasteiger partial charge is 0.251 e. The van der Waals surface area contributed by atoms with Crippen LogP contribution in [-0.4, -0.2) is 13.0 Å². The number of hydrogen-bond acceptors (Lipinski definition) is 3. The molecule has 3 aromatic rings. The molecule has 132 valence electrons. The Balaban J connectivity index is 1.55. The summed E-state index contributed by atoms with van der Waals surface area (Å²) in [5.41, 5.74) is 2.68. The van der Waals surface area contributed by atoms with Crippen molar-refractivity contribution in [3.8, 4) is 11.5 Å². The van der Waals surface area contributed by atoms with Crippen LogP contribution in [0.1, 0.15) is 21.5 Å². The minimum absolute atomic E-state index is 0.0916. The summed E-state index contributed by atoms with van der Waals surface area (Å²) in [7, 11) is 1.62. The summed E-state index contributed by atoms with van der Waals surface area (Å²) in [4.78, 5) is 12.2. The molecule has 0 atom stereocenters. The first-order valence-electron chi connectivity index (χ1n) is 8.43. The molecule has 4 nitrogen and oxygen atoms in total. The SMILES string of the molecule is COc1ccccc1OCc1ccc(C(=O)NCc2ccccc2)cc1. The van der Waals surface area contributed by atoms with E-state index >= 15 is 0 Å². The Morgan fingerprint density at radius 2 is 1.46 bits per heavy atom. The molecular weight excluding hydrogens is 326 g/mol. The maximum absolute atomic E-state index is 12.2. The van der Waals surface area contributed by atoms with Crippen LogP contribution in [0.4, 0.5) is 0 Å². The van der Waals surface area contributed by atoms with Gasteiger partial charge in [0.1, 0.15) is 6.61 Å². The highest BCUT2D eigenvalue weighted by atomic mass is 16.5. The Hall–Kier alpha value is -3.27. The van der Waals surface area contributed by atoms with Crippen molar-refractivity contribution in [1.29, 1.82) is 0 Å². The molecule has 0 aromatic heterocycles. The third-order valence-corrected chi connectivity index (χ3v) is 3.98. The summed E-state index contributed by atoms with van der Waals surface area (Å²) in [6.07, 6.45) is 0. The molecule has 0 saturated heterocycles. The number of hydrogen-bond donors (Lipinski definition) is 1. The summed E-state index contributed by atoms with van der Waals surface area (Å²) < 4.78 is 11.1. The highest BCUT2D eigenvalue weighted by molar-refractivity contribution is 5.94. The first-order chi connectivity index (χ1) is 12.8. The van der Waals surface area contributed by atoms with Crippen LogP contribution < -0.4 is 14.8 Å². The fraction of sp³-hybridized carbons (Fsp3) is 0.136. The lowest BCUT2D eigenvalue weighted by molar-refractivity contribution is 0.0951. The Labute approximate surface area is 153 Å². The van der Waals surface area contributed by atoms with Gasteiger partial charge in [0.05, 0.1) is 7.11 Å². The average Bonchev–Trinajstić information content (AvgIpc) is 2.72. The van der Waals surface area contributed by atoms with Crippen LogP contribution in [0, 0.1) is 0 Å². The van der Waals surface area contributed by atoms with Crippen LogP contribution in [0.25, 0.3) is 0 Å². The van der Waals surface area contributed by atoms with Gasteiger partial charge >= 0.3 is 0 Å². The summed E-state index contributed by atoms with van der Waals surface area (Å²) in [6.45, 7) is 0.921. The Morgan fingerprint density at radius 1 is 0.808 bits per heavy atom. The maximum atomic E-state index is 12.2. The molecule has 3 aromatic carbocycles. The van der Waals surface area contributed by atoms with Gasteiger partial charge in [-0.05, 0) is 35.4 Å². The minimum atomic E-state index is -0.0916. The van der Waals surface area contributed by atoms with Gasteiger partial charge in [-0.2, -0.15) is 0 Å². The van der Waals surface area contributed by atoms with Crippen molar-refractivity contribution in [2.45, 2.75) is 13.2 Å². The molecule has 0 radical (unpaired) electrons. The number of ether oxygens (including phenoxy) is 2.